The van der Waals surface area contributed by atoms with E-state index in [4.69, 9.17) is 4.74 Å². The number of pyridine rings is 1. The van der Waals surface area contributed by atoms with Crippen LogP contribution in [-0.4, -0.2) is 17.5 Å². The van der Waals surface area contributed by atoms with Crippen LogP contribution in [0.4, 0.5) is 5.69 Å². The zero-order valence-electron chi connectivity index (χ0n) is 9.47. The van der Waals surface area contributed by atoms with Crippen LogP contribution in [0.15, 0.2) is 48.7 Å². The van der Waals surface area contributed by atoms with E-state index in [0.717, 1.165) is 9.26 Å². The Balaban J connectivity index is 1.86. The molecule has 0 radical (unpaired) electrons. The van der Waals surface area contributed by atoms with Gasteiger partial charge in [0.2, 0.25) is 5.88 Å². The van der Waals surface area contributed by atoms with Gasteiger partial charge < -0.3 is 10.1 Å². The molecule has 0 atom stereocenters. The van der Waals surface area contributed by atoms with Crippen LogP contribution in [0.5, 0.6) is 5.88 Å². The summed E-state index contributed by atoms with van der Waals surface area (Å²) in [5, 5.41) is 2.76. The Bertz CT molecular complexity index is 532. The highest BCUT2D eigenvalue weighted by Gasteiger charge is 2.04. The molecule has 0 saturated carbocycles. The average Bonchev–Trinajstić information content (AvgIpc) is 2.38. The molecule has 18 heavy (non-hydrogen) atoms. The smallest absolute Gasteiger partial charge is 0.262 e. The molecule has 92 valence electrons. The molecule has 1 amide bonds. The summed E-state index contributed by atoms with van der Waals surface area (Å²) in [7, 11) is 0. The van der Waals surface area contributed by atoms with Crippen molar-refractivity contribution in [1.29, 1.82) is 0 Å². The largest absolute Gasteiger partial charge is 0.468 e. The quantitative estimate of drug-likeness (QED) is 0.859. The summed E-state index contributed by atoms with van der Waals surface area (Å²) in [6, 6.07) is 12.9. The number of rotatable bonds is 4. The molecule has 4 nitrogen and oxygen atoms in total. The van der Waals surface area contributed by atoms with Gasteiger partial charge in [0.15, 0.2) is 6.61 Å². The number of hydrogen-bond acceptors (Lipinski definition) is 3. The number of carbonyl (C=O) groups is 1. The van der Waals surface area contributed by atoms with Crippen molar-refractivity contribution in [1.82, 2.24) is 4.98 Å². The van der Waals surface area contributed by atoms with E-state index in [-0.39, 0.29) is 12.5 Å². The number of aromatic nitrogens is 1. The molecule has 2 aromatic rings. The normalized spacial score (nSPS) is 9.83. The van der Waals surface area contributed by atoms with E-state index in [0.29, 0.717) is 5.88 Å². The van der Waals surface area contributed by atoms with Crippen molar-refractivity contribution < 1.29 is 9.53 Å². The van der Waals surface area contributed by atoms with Crippen molar-refractivity contribution >= 4 is 34.2 Å². The summed E-state index contributed by atoms with van der Waals surface area (Å²) in [6.45, 7) is -0.0531. The van der Waals surface area contributed by atoms with Gasteiger partial charge in [-0.25, -0.2) is 4.98 Å². The number of nitrogens with zero attached hydrogens (tertiary/aromatic N) is 1. The van der Waals surface area contributed by atoms with Crippen LogP contribution in [0, 0.1) is 3.57 Å². The van der Waals surface area contributed by atoms with Gasteiger partial charge in [-0.1, -0.05) is 12.1 Å². The standard InChI is InChI=1S/C13H11IN2O2/c14-10-4-3-5-11(8-10)16-12(17)9-18-13-6-1-2-7-15-13/h1-8H,9H2,(H,16,17). The van der Waals surface area contributed by atoms with Crippen molar-refractivity contribution in [2.24, 2.45) is 0 Å². The van der Waals surface area contributed by atoms with Crippen molar-refractivity contribution in [3.8, 4) is 5.88 Å². The predicted octanol–water partition coefficient (Wildman–Crippen LogP) is 2.70. The first-order valence-corrected chi connectivity index (χ1v) is 6.41. The Kier molecular flexibility index (Phi) is 4.52. The first-order chi connectivity index (χ1) is 8.74. The first-order valence-electron chi connectivity index (χ1n) is 5.33. The molecular weight excluding hydrogens is 343 g/mol. The zero-order valence-corrected chi connectivity index (χ0v) is 11.6. The Hall–Kier alpha value is -1.63. The van der Waals surface area contributed by atoms with Crippen molar-refractivity contribution in [3.05, 3.63) is 52.2 Å². The molecular formula is C13H11IN2O2. The maximum atomic E-state index is 11.6. The lowest BCUT2D eigenvalue weighted by molar-refractivity contribution is -0.118. The fourth-order valence-corrected chi connectivity index (χ4v) is 1.88. The third-order valence-electron chi connectivity index (χ3n) is 2.10. The Morgan fingerprint density at radius 3 is 2.89 bits per heavy atom. The molecule has 0 unspecified atom stereocenters. The highest BCUT2D eigenvalue weighted by Crippen LogP contribution is 2.12. The van der Waals surface area contributed by atoms with Crippen LogP contribution in [0.25, 0.3) is 0 Å². The van der Waals surface area contributed by atoms with Crippen molar-refractivity contribution in [3.63, 3.8) is 0 Å². The minimum absolute atomic E-state index is 0.0531. The molecule has 2 rings (SSSR count). The van der Waals surface area contributed by atoms with Crippen molar-refractivity contribution in [2.45, 2.75) is 0 Å². The summed E-state index contributed by atoms with van der Waals surface area (Å²) in [4.78, 5) is 15.6. The summed E-state index contributed by atoms with van der Waals surface area (Å²) >= 11 is 2.19. The molecule has 0 bridgehead atoms. The van der Waals surface area contributed by atoms with E-state index in [1.54, 1.807) is 24.4 Å². The Labute approximate surface area is 119 Å². The van der Waals surface area contributed by atoms with Gasteiger partial charge in [0.25, 0.3) is 5.91 Å². The Morgan fingerprint density at radius 2 is 2.17 bits per heavy atom. The fraction of sp³-hybridized carbons (Fsp3) is 0.0769. The second-order valence-corrected chi connectivity index (χ2v) is 4.76. The lowest BCUT2D eigenvalue weighted by atomic mass is 10.3. The maximum absolute atomic E-state index is 11.6. The zero-order chi connectivity index (χ0) is 12.8. The fourth-order valence-electron chi connectivity index (χ4n) is 1.34. The van der Waals surface area contributed by atoms with E-state index < -0.39 is 0 Å². The number of nitrogens with one attached hydrogen (secondary N) is 1. The van der Waals surface area contributed by atoms with Gasteiger partial charge in [-0.3, -0.25) is 4.79 Å². The Morgan fingerprint density at radius 1 is 1.28 bits per heavy atom. The third-order valence-corrected chi connectivity index (χ3v) is 2.77. The summed E-state index contributed by atoms with van der Waals surface area (Å²) < 4.78 is 6.31. The highest BCUT2D eigenvalue weighted by molar-refractivity contribution is 14.1. The second kappa shape index (κ2) is 6.34. The van der Waals surface area contributed by atoms with E-state index in [1.165, 1.54) is 0 Å². The molecule has 1 aromatic carbocycles. The van der Waals surface area contributed by atoms with Gasteiger partial charge in [-0.2, -0.15) is 0 Å². The van der Waals surface area contributed by atoms with Crippen LogP contribution in [-0.2, 0) is 4.79 Å². The number of amides is 1. The second-order valence-electron chi connectivity index (χ2n) is 3.52. The monoisotopic (exact) mass is 354 g/mol. The number of anilines is 1. The lowest BCUT2D eigenvalue weighted by Gasteiger charge is -2.06. The predicted molar refractivity (Wildman–Crippen MR) is 77.5 cm³/mol. The third kappa shape index (κ3) is 3.99. The first kappa shape index (κ1) is 12.8. The average molecular weight is 354 g/mol. The number of benzene rings is 1. The molecule has 0 spiro atoms. The minimum Gasteiger partial charge on any atom is -0.468 e. The number of halogens is 1. The van der Waals surface area contributed by atoms with Gasteiger partial charge >= 0.3 is 0 Å². The summed E-state index contributed by atoms with van der Waals surface area (Å²) in [5.41, 5.74) is 0.761. The molecule has 1 heterocycles. The van der Waals surface area contributed by atoms with E-state index in [2.05, 4.69) is 32.9 Å². The molecule has 0 saturated heterocycles. The number of ether oxygens (including phenoxy) is 1. The van der Waals surface area contributed by atoms with Crippen LogP contribution in [0.1, 0.15) is 0 Å². The number of hydrogen-bond donors (Lipinski definition) is 1. The topological polar surface area (TPSA) is 51.2 Å². The van der Waals surface area contributed by atoms with Gasteiger partial charge in [0.05, 0.1) is 0 Å². The summed E-state index contributed by atoms with van der Waals surface area (Å²) in [5.74, 6) is 0.234. The molecule has 0 fully saturated rings. The van der Waals surface area contributed by atoms with Gasteiger partial charge in [0.1, 0.15) is 0 Å². The minimum atomic E-state index is -0.206. The molecule has 0 aliphatic carbocycles. The van der Waals surface area contributed by atoms with Crippen LogP contribution in [0.2, 0.25) is 0 Å². The molecule has 0 aliphatic rings. The van der Waals surface area contributed by atoms with Crippen LogP contribution < -0.4 is 10.1 Å². The lowest BCUT2D eigenvalue weighted by Crippen LogP contribution is -2.20. The van der Waals surface area contributed by atoms with E-state index >= 15 is 0 Å². The molecule has 1 N–H and O–H groups in total. The number of carbonyl (C=O) groups excluding carboxylic acids is 1. The van der Waals surface area contributed by atoms with Gasteiger partial charge in [-0.05, 0) is 46.9 Å². The highest BCUT2D eigenvalue weighted by atomic mass is 127. The SMILES string of the molecule is O=C(COc1ccccn1)Nc1cccc(I)c1. The van der Waals surface area contributed by atoms with Crippen molar-refractivity contribution in [2.75, 3.05) is 11.9 Å². The van der Waals surface area contributed by atoms with Gasteiger partial charge in [0, 0.05) is 21.5 Å². The van der Waals surface area contributed by atoms with E-state index in [9.17, 15) is 4.79 Å². The summed E-state index contributed by atoms with van der Waals surface area (Å²) in [6.07, 6.45) is 1.62. The molecule has 0 aliphatic heterocycles. The molecule has 5 heteroatoms. The van der Waals surface area contributed by atoms with E-state index in [1.807, 2.05) is 24.3 Å². The molecule has 1 aromatic heterocycles. The van der Waals surface area contributed by atoms with Crippen LogP contribution in [0.3, 0.4) is 0 Å². The maximum Gasteiger partial charge on any atom is 0.262 e. The van der Waals surface area contributed by atoms with Crippen LogP contribution >= 0.6 is 22.6 Å². The van der Waals surface area contributed by atoms with Gasteiger partial charge in [-0.15, -0.1) is 0 Å².